The standard InChI is InChI=1S/C22H24N6O2/c1-22(2,3)30-21(29)23-15-10-12-16(13-11-15)27-17-6-4-5-7-18(17)28-20(24-25-26-28)19(27)14-8-9-14/h4-7,10-14,19H,8-9H2,1-3H3,(H,23,29). The lowest BCUT2D eigenvalue weighted by Crippen LogP contribution is -2.33. The molecule has 2 aromatic carbocycles. The average molecular weight is 404 g/mol. The largest absolute Gasteiger partial charge is 0.444 e. The van der Waals surface area contributed by atoms with Gasteiger partial charge in [-0.15, -0.1) is 5.10 Å². The number of tetrazole rings is 1. The molecule has 8 heteroatoms. The Morgan fingerprint density at radius 1 is 1.07 bits per heavy atom. The molecule has 1 aromatic heterocycles. The predicted molar refractivity (Wildman–Crippen MR) is 113 cm³/mol. The van der Waals surface area contributed by atoms with Crippen molar-refractivity contribution in [3.8, 4) is 5.69 Å². The second kappa shape index (κ2) is 6.83. The highest BCUT2D eigenvalue weighted by Crippen LogP contribution is 2.52. The van der Waals surface area contributed by atoms with Crippen LogP contribution in [0.1, 0.15) is 45.5 Å². The molecule has 1 fully saturated rings. The SMILES string of the molecule is CC(C)(C)OC(=O)Nc1ccc(N2c3ccccc3-n3nnnc3C2C2CC2)cc1. The molecule has 0 bridgehead atoms. The fraction of sp³-hybridized carbons (Fsp3) is 0.364. The molecule has 1 atom stereocenters. The van der Waals surface area contributed by atoms with E-state index in [0.29, 0.717) is 11.6 Å². The summed E-state index contributed by atoms with van der Waals surface area (Å²) in [4.78, 5) is 14.4. The zero-order valence-electron chi connectivity index (χ0n) is 17.2. The maximum atomic E-state index is 12.1. The van der Waals surface area contributed by atoms with Crippen molar-refractivity contribution < 1.29 is 9.53 Å². The third-order valence-electron chi connectivity index (χ3n) is 5.27. The van der Waals surface area contributed by atoms with Gasteiger partial charge in [-0.1, -0.05) is 12.1 Å². The number of carbonyl (C=O) groups is 1. The lowest BCUT2D eigenvalue weighted by molar-refractivity contribution is 0.0636. The van der Waals surface area contributed by atoms with Gasteiger partial charge in [0.05, 0.1) is 17.4 Å². The summed E-state index contributed by atoms with van der Waals surface area (Å²) in [5.41, 5.74) is 3.21. The van der Waals surface area contributed by atoms with Crippen molar-refractivity contribution in [3.05, 3.63) is 54.4 Å². The van der Waals surface area contributed by atoms with Crippen LogP contribution in [0, 0.1) is 5.92 Å². The van der Waals surface area contributed by atoms with Crippen molar-refractivity contribution >= 4 is 23.2 Å². The van der Waals surface area contributed by atoms with E-state index in [2.05, 4.69) is 31.8 Å². The monoisotopic (exact) mass is 404 g/mol. The molecule has 154 valence electrons. The van der Waals surface area contributed by atoms with E-state index in [1.807, 2.05) is 67.9 Å². The van der Waals surface area contributed by atoms with Crippen LogP contribution < -0.4 is 10.2 Å². The van der Waals surface area contributed by atoms with Crippen LogP contribution in [0.4, 0.5) is 21.9 Å². The quantitative estimate of drug-likeness (QED) is 0.686. The number of aromatic nitrogens is 4. The number of ether oxygens (including phenoxy) is 1. The second-order valence-electron chi connectivity index (χ2n) is 8.76. The van der Waals surface area contributed by atoms with Crippen molar-refractivity contribution in [2.45, 2.75) is 45.3 Å². The lowest BCUT2D eigenvalue weighted by atomic mass is 10.0. The van der Waals surface area contributed by atoms with Crippen LogP contribution in [0.3, 0.4) is 0 Å². The van der Waals surface area contributed by atoms with Crippen molar-refractivity contribution in [2.24, 2.45) is 5.92 Å². The van der Waals surface area contributed by atoms with E-state index in [9.17, 15) is 4.79 Å². The Morgan fingerprint density at radius 3 is 2.43 bits per heavy atom. The molecule has 2 heterocycles. The molecule has 1 saturated carbocycles. The number of fused-ring (bicyclic) bond motifs is 3. The highest BCUT2D eigenvalue weighted by atomic mass is 16.6. The van der Waals surface area contributed by atoms with Crippen LogP contribution in [0.5, 0.6) is 0 Å². The van der Waals surface area contributed by atoms with Crippen LogP contribution >= 0.6 is 0 Å². The summed E-state index contributed by atoms with van der Waals surface area (Å²) in [5, 5.41) is 15.3. The van der Waals surface area contributed by atoms with Gasteiger partial charge in [-0.25, -0.2) is 4.79 Å². The number of amides is 1. The lowest BCUT2D eigenvalue weighted by Gasteiger charge is -2.38. The van der Waals surface area contributed by atoms with E-state index in [-0.39, 0.29) is 6.04 Å². The number of hydrogen-bond donors (Lipinski definition) is 1. The van der Waals surface area contributed by atoms with Crippen LogP contribution in [0.15, 0.2) is 48.5 Å². The third kappa shape index (κ3) is 3.38. The topological polar surface area (TPSA) is 85.2 Å². The van der Waals surface area contributed by atoms with E-state index < -0.39 is 11.7 Å². The van der Waals surface area contributed by atoms with Gasteiger partial charge < -0.3 is 9.64 Å². The summed E-state index contributed by atoms with van der Waals surface area (Å²) < 4.78 is 7.19. The van der Waals surface area contributed by atoms with Gasteiger partial charge in [-0.2, -0.15) is 4.68 Å². The van der Waals surface area contributed by atoms with Crippen LogP contribution in [0.2, 0.25) is 0 Å². The molecule has 1 unspecified atom stereocenters. The Bertz CT molecular complexity index is 1080. The van der Waals surface area contributed by atoms with E-state index >= 15 is 0 Å². The van der Waals surface area contributed by atoms with Crippen molar-refractivity contribution in [2.75, 3.05) is 10.2 Å². The Morgan fingerprint density at radius 2 is 1.77 bits per heavy atom. The summed E-state index contributed by atoms with van der Waals surface area (Å²) >= 11 is 0. The number of nitrogens with one attached hydrogen (secondary N) is 1. The minimum Gasteiger partial charge on any atom is -0.444 e. The molecule has 0 spiro atoms. The van der Waals surface area contributed by atoms with Gasteiger partial charge in [0.15, 0.2) is 5.82 Å². The molecule has 2 aliphatic rings. The van der Waals surface area contributed by atoms with Gasteiger partial charge >= 0.3 is 6.09 Å². The predicted octanol–water partition coefficient (Wildman–Crippen LogP) is 4.61. The van der Waals surface area contributed by atoms with Gasteiger partial charge in [0, 0.05) is 11.4 Å². The number of para-hydroxylation sites is 2. The van der Waals surface area contributed by atoms with E-state index in [0.717, 1.165) is 35.7 Å². The van der Waals surface area contributed by atoms with Crippen molar-refractivity contribution in [1.29, 1.82) is 0 Å². The highest BCUT2D eigenvalue weighted by Gasteiger charge is 2.44. The van der Waals surface area contributed by atoms with Gasteiger partial charge in [-0.05, 0) is 86.4 Å². The fourth-order valence-electron chi connectivity index (χ4n) is 3.92. The summed E-state index contributed by atoms with van der Waals surface area (Å²) in [7, 11) is 0. The molecule has 0 radical (unpaired) electrons. The molecule has 0 saturated heterocycles. The first-order valence-corrected chi connectivity index (χ1v) is 10.2. The Kier molecular flexibility index (Phi) is 4.23. The molecular formula is C22H24N6O2. The molecule has 1 aliphatic heterocycles. The first-order valence-electron chi connectivity index (χ1n) is 10.2. The second-order valence-corrected chi connectivity index (χ2v) is 8.76. The fourth-order valence-corrected chi connectivity index (χ4v) is 3.92. The van der Waals surface area contributed by atoms with Crippen LogP contribution in [-0.2, 0) is 4.74 Å². The number of rotatable bonds is 3. The number of carbonyl (C=O) groups excluding carboxylic acids is 1. The van der Waals surface area contributed by atoms with Crippen LogP contribution in [0.25, 0.3) is 5.69 Å². The molecule has 8 nitrogen and oxygen atoms in total. The summed E-state index contributed by atoms with van der Waals surface area (Å²) in [6, 6.07) is 16.0. The van der Waals surface area contributed by atoms with Crippen molar-refractivity contribution in [3.63, 3.8) is 0 Å². The number of benzene rings is 2. The first-order chi connectivity index (χ1) is 14.4. The minimum atomic E-state index is -0.539. The molecule has 30 heavy (non-hydrogen) atoms. The number of nitrogens with zero attached hydrogens (tertiary/aromatic N) is 5. The van der Waals surface area contributed by atoms with Crippen molar-refractivity contribution in [1.82, 2.24) is 20.2 Å². The summed E-state index contributed by atoms with van der Waals surface area (Å²) in [5.74, 6) is 1.38. The Labute approximate surface area is 174 Å². The molecule has 5 rings (SSSR count). The molecule has 1 aliphatic carbocycles. The summed E-state index contributed by atoms with van der Waals surface area (Å²) in [6.07, 6.45) is 1.86. The number of hydrogen-bond acceptors (Lipinski definition) is 6. The first kappa shape index (κ1) is 18.6. The molecule has 3 aromatic rings. The maximum Gasteiger partial charge on any atom is 0.412 e. The smallest absolute Gasteiger partial charge is 0.412 e. The zero-order valence-corrected chi connectivity index (χ0v) is 17.2. The van der Waals surface area contributed by atoms with Gasteiger partial charge in [0.1, 0.15) is 5.60 Å². The summed E-state index contributed by atoms with van der Waals surface area (Å²) in [6.45, 7) is 5.53. The van der Waals surface area contributed by atoms with E-state index in [1.54, 1.807) is 0 Å². The molecule has 1 N–H and O–H groups in total. The average Bonchev–Trinajstić information content (AvgIpc) is 3.41. The minimum absolute atomic E-state index is 0.0829. The van der Waals surface area contributed by atoms with Gasteiger partial charge in [0.2, 0.25) is 0 Å². The van der Waals surface area contributed by atoms with E-state index in [4.69, 9.17) is 4.74 Å². The zero-order chi connectivity index (χ0) is 20.9. The third-order valence-corrected chi connectivity index (χ3v) is 5.27. The molecule has 1 amide bonds. The Hall–Kier alpha value is -3.42. The maximum absolute atomic E-state index is 12.1. The number of anilines is 3. The highest BCUT2D eigenvalue weighted by molar-refractivity contribution is 5.85. The van der Waals surface area contributed by atoms with Gasteiger partial charge in [-0.3, -0.25) is 5.32 Å². The van der Waals surface area contributed by atoms with Crippen LogP contribution in [-0.4, -0.2) is 31.9 Å². The normalized spacial score (nSPS) is 17.8. The van der Waals surface area contributed by atoms with E-state index in [1.165, 1.54) is 0 Å². The van der Waals surface area contributed by atoms with Gasteiger partial charge in [0.25, 0.3) is 0 Å². The molecular weight excluding hydrogens is 380 g/mol. The Balaban J connectivity index is 1.48.